The number of hydrogen-bond donors (Lipinski definition) is 1. The lowest BCUT2D eigenvalue weighted by Gasteiger charge is -2.29. The molecule has 1 atom stereocenters. The van der Waals surface area contributed by atoms with E-state index in [1.807, 2.05) is 29.4 Å². The van der Waals surface area contributed by atoms with E-state index in [0.29, 0.717) is 4.77 Å². The fraction of sp³-hybridized carbons (Fsp3) is 0.533. The number of fused-ring (bicyclic) bond motifs is 1. The zero-order valence-electron chi connectivity index (χ0n) is 12.4. The van der Waals surface area contributed by atoms with Gasteiger partial charge in [0.15, 0.2) is 10.4 Å². The monoisotopic (exact) mass is 304 g/mol. The van der Waals surface area contributed by atoms with Crippen LogP contribution in [0.1, 0.15) is 37.8 Å². The smallest absolute Gasteiger partial charge is 0.245 e. The molecule has 0 spiro atoms. The topological polar surface area (TPSA) is 53.9 Å². The number of hydrogen-bond acceptors (Lipinski definition) is 3. The second kappa shape index (κ2) is 5.60. The summed E-state index contributed by atoms with van der Waals surface area (Å²) >= 11 is 5.41. The molecule has 0 bridgehead atoms. The molecule has 112 valence electrons. The van der Waals surface area contributed by atoms with Gasteiger partial charge < -0.3 is 9.88 Å². The quantitative estimate of drug-likeness (QED) is 0.868. The number of piperidine rings is 1. The summed E-state index contributed by atoms with van der Waals surface area (Å²) in [4.78, 5) is 22.2. The van der Waals surface area contributed by atoms with Crippen molar-refractivity contribution in [3.05, 3.63) is 22.6 Å². The fourth-order valence-electron chi connectivity index (χ4n) is 2.99. The van der Waals surface area contributed by atoms with Crippen LogP contribution in [0.2, 0.25) is 0 Å². The molecule has 1 unspecified atom stereocenters. The first-order valence-corrected chi connectivity index (χ1v) is 7.85. The maximum absolute atomic E-state index is 12.7. The predicted molar refractivity (Wildman–Crippen MR) is 84.8 cm³/mol. The van der Waals surface area contributed by atoms with Gasteiger partial charge in [-0.1, -0.05) is 0 Å². The molecule has 0 aromatic carbocycles. The third kappa shape index (κ3) is 2.48. The third-order valence-corrected chi connectivity index (χ3v) is 4.53. The van der Waals surface area contributed by atoms with E-state index in [4.69, 9.17) is 12.2 Å². The van der Waals surface area contributed by atoms with Crippen molar-refractivity contribution in [2.75, 3.05) is 13.1 Å². The van der Waals surface area contributed by atoms with Crippen molar-refractivity contribution < 1.29 is 4.79 Å². The van der Waals surface area contributed by atoms with Crippen LogP contribution in [0, 0.1) is 11.7 Å². The summed E-state index contributed by atoms with van der Waals surface area (Å²) in [5.74, 6) is 0.134. The minimum absolute atomic E-state index is 0.134. The second-order valence-corrected chi connectivity index (χ2v) is 6.08. The SMILES string of the molecule is Cc1ccnc2c1[nH]c(=S)n2C(C)C(=O)N1CCCCC1. The largest absolute Gasteiger partial charge is 0.341 e. The molecule has 0 radical (unpaired) electrons. The summed E-state index contributed by atoms with van der Waals surface area (Å²) in [7, 11) is 0. The summed E-state index contributed by atoms with van der Waals surface area (Å²) in [5.41, 5.74) is 2.76. The Morgan fingerprint density at radius 2 is 2.10 bits per heavy atom. The molecule has 3 rings (SSSR count). The molecular formula is C15H20N4OS. The van der Waals surface area contributed by atoms with Crippen molar-refractivity contribution in [1.29, 1.82) is 0 Å². The van der Waals surface area contributed by atoms with Crippen molar-refractivity contribution in [3.8, 4) is 0 Å². The number of likely N-dealkylation sites (tertiary alicyclic amines) is 1. The van der Waals surface area contributed by atoms with Gasteiger partial charge in [-0.25, -0.2) is 4.98 Å². The van der Waals surface area contributed by atoms with Gasteiger partial charge in [0, 0.05) is 19.3 Å². The molecular weight excluding hydrogens is 284 g/mol. The van der Waals surface area contributed by atoms with E-state index >= 15 is 0 Å². The number of carbonyl (C=O) groups excluding carboxylic acids is 1. The Balaban J connectivity index is 1.99. The van der Waals surface area contributed by atoms with E-state index in [0.717, 1.165) is 42.7 Å². The van der Waals surface area contributed by atoms with Gasteiger partial charge in [0.2, 0.25) is 5.91 Å². The molecule has 0 saturated carbocycles. The third-order valence-electron chi connectivity index (χ3n) is 4.23. The molecule has 3 heterocycles. The summed E-state index contributed by atoms with van der Waals surface area (Å²) in [6.07, 6.45) is 5.16. The van der Waals surface area contributed by atoms with E-state index in [1.54, 1.807) is 6.20 Å². The Kier molecular flexibility index (Phi) is 3.80. The van der Waals surface area contributed by atoms with Gasteiger partial charge in [0.25, 0.3) is 0 Å². The molecule has 1 N–H and O–H groups in total. The summed E-state index contributed by atoms with van der Waals surface area (Å²) in [6, 6.07) is 1.62. The zero-order chi connectivity index (χ0) is 15.0. The normalized spacial score (nSPS) is 17.1. The molecule has 5 nitrogen and oxygen atoms in total. The van der Waals surface area contributed by atoms with Crippen LogP contribution in [0.25, 0.3) is 11.2 Å². The van der Waals surface area contributed by atoms with Crippen molar-refractivity contribution in [2.45, 2.75) is 39.2 Å². The van der Waals surface area contributed by atoms with E-state index in [-0.39, 0.29) is 11.9 Å². The highest BCUT2D eigenvalue weighted by molar-refractivity contribution is 7.71. The van der Waals surface area contributed by atoms with Crippen LogP contribution in [0.4, 0.5) is 0 Å². The van der Waals surface area contributed by atoms with Crippen molar-refractivity contribution in [2.24, 2.45) is 0 Å². The van der Waals surface area contributed by atoms with Crippen molar-refractivity contribution >= 4 is 29.3 Å². The minimum atomic E-state index is -0.321. The maximum atomic E-state index is 12.7. The molecule has 1 aliphatic rings. The first kappa shape index (κ1) is 14.3. The first-order valence-electron chi connectivity index (χ1n) is 7.44. The van der Waals surface area contributed by atoms with Crippen LogP contribution in [-0.2, 0) is 4.79 Å². The molecule has 6 heteroatoms. The van der Waals surface area contributed by atoms with Crippen LogP contribution in [0.3, 0.4) is 0 Å². The van der Waals surface area contributed by atoms with Gasteiger partial charge >= 0.3 is 0 Å². The molecule has 2 aromatic heterocycles. The molecule has 1 fully saturated rings. The number of carbonyl (C=O) groups is 1. The van der Waals surface area contributed by atoms with Crippen LogP contribution in [-0.4, -0.2) is 38.4 Å². The molecule has 21 heavy (non-hydrogen) atoms. The summed E-state index contributed by atoms with van der Waals surface area (Å²) in [5, 5.41) is 0. The average Bonchev–Trinajstić information content (AvgIpc) is 2.84. The van der Waals surface area contributed by atoms with Crippen LogP contribution >= 0.6 is 12.2 Å². The standard InChI is InChI=1S/C15H20N4OS/c1-10-6-7-16-13-12(10)17-15(21)19(13)11(2)14(20)18-8-4-3-5-9-18/h6-7,11H,3-5,8-9H2,1-2H3,(H,17,21). The van der Waals surface area contributed by atoms with E-state index in [9.17, 15) is 4.79 Å². The predicted octanol–water partition coefficient (Wildman–Crippen LogP) is 2.98. The minimum Gasteiger partial charge on any atom is -0.341 e. The van der Waals surface area contributed by atoms with Gasteiger partial charge in [-0.2, -0.15) is 0 Å². The Hall–Kier alpha value is -1.69. The molecule has 0 aliphatic carbocycles. The van der Waals surface area contributed by atoms with Gasteiger partial charge in [0.05, 0.1) is 5.52 Å². The summed E-state index contributed by atoms with van der Waals surface area (Å²) < 4.78 is 2.40. The molecule has 1 amide bonds. The number of aryl methyl sites for hydroxylation is 1. The highest BCUT2D eigenvalue weighted by atomic mass is 32.1. The van der Waals surface area contributed by atoms with Gasteiger partial charge in [0.1, 0.15) is 6.04 Å². The number of imidazole rings is 1. The number of nitrogens with one attached hydrogen (secondary N) is 1. The lowest BCUT2D eigenvalue weighted by molar-refractivity contribution is -0.135. The number of aromatic nitrogens is 3. The second-order valence-electron chi connectivity index (χ2n) is 5.69. The number of nitrogens with zero attached hydrogens (tertiary/aromatic N) is 3. The van der Waals surface area contributed by atoms with E-state index < -0.39 is 0 Å². The van der Waals surface area contributed by atoms with Gasteiger partial charge in [-0.05, 0) is 57.0 Å². The molecule has 1 saturated heterocycles. The molecule has 1 aliphatic heterocycles. The number of pyridine rings is 1. The van der Waals surface area contributed by atoms with E-state index in [2.05, 4.69) is 9.97 Å². The Labute approximate surface area is 129 Å². The number of aromatic amines is 1. The lowest BCUT2D eigenvalue weighted by atomic mass is 10.1. The zero-order valence-corrected chi connectivity index (χ0v) is 13.2. The van der Waals surface area contributed by atoms with Gasteiger partial charge in [-0.15, -0.1) is 0 Å². The Morgan fingerprint density at radius 3 is 2.81 bits per heavy atom. The van der Waals surface area contributed by atoms with Crippen LogP contribution < -0.4 is 0 Å². The van der Waals surface area contributed by atoms with Crippen LogP contribution in [0.5, 0.6) is 0 Å². The number of H-pyrrole nitrogens is 1. The highest BCUT2D eigenvalue weighted by Crippen LogP contribution is 2.22. The number of rotatable bonds is 2. The van der Waals surface area contributed by atoms with Crippen molar-refractivity contribution in [1.82, 2.24) is 19.4 Å². The molecule has 2 aromatic rings. The van der Waals surface area contributed by atoms with Gasteiger partial charge in [-0.3, -0.25) is 9.36 Å². The number of amides is 1. The maximum Gasteiger partial charge on any atom is 0.245 e. The Morgan fingerprint density at radius 1 is 1.38 bits per heavy atom. The first-order chi connectivity index (χ1) is 10.1. The fourth-order valence-corrected chi connectivity index (χ4v) is 3.34. The Bertz CT molecular complexity index is 727. The summed E-state index contributed by atoms with van der Waals surface area (Å²) in [6.45, 7) is 5.62. The average molecular weight is 304 g/mol. The lowest BCUT2D eigenvalue weighted by Crippen LogP contribution is -2.39. The highest BCUT2D eigenvalue weighted by Gasteiger charge is 2.25. The van der Waals surface area contributed by atoms with Crippen molar-refractivity contribution in [3.63, 3.8) is 0 Å². The van der Waals surface area contributed by atoms with Crippen LogP contribution in [0.15, 0.2) is 12.3 Å². The van der Waals surface area contributed by atoms with E-state index in [1.165, 1.54) is 6.42 Å².